The van der Waals surface area contributed by atoms with Crippen LogP contribution in [0.4, 0.5) is 11.4 Å². The van der Waals surface area contributed by atoms with Crippen LogP contribution in [0.3, 0.4) is 0 Å². The van der Waals surface area contributed by atoms with E-state index in [0.29, 0.717) is 11.4 Å². The molecule has 0 aliphatic heterocycles. The molecular weight excluding hydrogens is 358 g/mol. The van der Waals surface area contributed by atoms with Crippen LogP contribution < -0.4 is 10.6 Å². The van der Waals surface area contributed by atoms with E-state index in [1.165, 1.54) is 10.9 Å². The van der Waals surface area contributed by atoms with Crippen molar-refractivity contribution in [3.8, 4) is 5.69 Å². The van der Waals surface area contributed by atoms with Gasteiger partial charge in [0.1, 0.15) is 0 Å². The number of carbonyl (C=O) groups is 2. The van der Waals surface area contributed by atoms with E-state index in [9.17, 15) is 9.59 Å². The minimum atomic E-state index is -0.406. The molecule has 2 aromatic heterocycles. The van der Waals surface area contributed by atoms with E-state index in [4.69, 9.17) is 4.42 Å². The van der Waals surface area contributed by atoms with Crippen LogP contribution in [0.2, 0.25) is 0 Å². The summed E-state index contributed by atoms with van der Waals surface area (Å²) >= 11 is 0. The van der Waals surface area contributed by atoms with Crippen molar-refractivity contribution in [2.75, 3.05) is 10.6 Å². The second-order valence-corrected chi connectivity index (χ2v) is 5.85. The molecule has 0 aliphatic carbocycles. The number of anilines is 2. The first-order valence-corrected chi connectivity index (χ1v) is 8.43. The molecule has 8 nitrogen and oxygen atoms in total. The van der Waals surface area contributed by atoms with E-state index >= 15 is 0 Å². The van der Waals surface area contributed by atoms with E-state index in [-0.39, 0.29) is 17.4 Å². The Kier molecular flexibility index (Phi) is 4.67. The van der Waals surface area contributed by atoms with Crippen LogP contribution in [0.1, 0.15) is 21.0 Å². The molecule has 2 aromatic carbocycles. The van der Waals surface area contributed by atoms with Crippen LogP contribution in [-0.4, -0.2) is 26.8 Å². The minimum Gasteiger partial charge on any atom is -0.459 e. The lowest BCUT2D eigenvalue weighted by atomic mass is 10.2. The summed E-state index contributed by atoms with van der Waals surface area (Å²) in [6.07, 6.45) is 2.97. The molecule has 0 bridgehead atoms. The molecule has 0 saturated carbocycles. The lowest BCUT2D eigenvalue weighted by molar-refractivity contribution is 0.0994. The second-order valence-electron chi connectivity index (χ2n) is 5.85. The van der Waals surface area contributed by atoms with Crippen LogP contribution in [0.25, 0.3) is 5.69 Å². The molecule has 0 fully saturated rings. The van der Waals surface area contributed by atoms with Crippen LogP contribution in [-0.2, 0) is 0 Å². The Morgan fingerprint density at radius 3 is 2.32 bits per heavy atom. The molecule has 0 aliphatic rings. The average Bonchev–Trinajstić information content (AvgIpc) is 3.41. The number of para-hydroxylation sites is 1. The highest BCUT2D eigenvalue weighted by atomic mass is 16.3. The Morgan fingerprint density at radius 1 is 0.857 bits per heavy atom. The number of furan rings is 1. The standard InChI is InChI=1S/C20H15N5O3/c26-19(17-13-25(24-23-17)16-8-2-1-3-9-16)21-14-6-4-7-15(12-14)22-20(27)18-10-5-11-28-18/h1-13H,(H,21,26)(H,22,27). The van der Waals surface area contributed by atoms with Crippen molar-refractivity contribution in [3.05, 3.63) is 90.6 Å². The maximum atomic E-state index is 12.4. The summed E-state index contributed by atoms with van der Waals surface area (Å²) in [6, 6.07) is 19.3. The number of aromatic nitrogens is 3. The highest BCUT2D eigenvalue weighted by molar-refractivity contribution is 6.04. The Morgan fingerprint density at radius 2 is 1.61 bits per heavy atom. The molecule has 0 radical (unpaired) electrons. The predicted molar refractivity (Wildman–Crippen MR) is 102 cm³/mol. The van der Waals surface area contributed by atoms with Gasteiger partial charge in [0.25, 0.3) is 11.8 Å². The van der Waals surface area contributed by atoms with E-state index in [1.54, 1.807) is 42.6 Å². The highest BCUT2D eigenvalue weighted by Gasteiger charge is 2.13. The van der Waals surface area contributed by atoms with E-state index in [0.717, 1.165) is 5.69 Å². The van der Waals surface area contributed by atoms with E-state index in [2.05, 4.69) is 20.9 Å². The Labute approximate surface area is 159 Å². The molecule has 0 spiro atoms. The van der Waals surface area contributed by atoms with Crippen LogP contribution in [0.5, 0.6) is 0 Å². The Hall–Kier alpha value is -4.20. The number of carbonyl (C=O) groups excluding carboxylic acids is 2. The van der Waals surface area contributed by atoms with Crippen molar-refractivity contribution in [1.82, 2.24) is 15.0 Å². The fourth-order valence-corrected chi connectivity index (χ4v) is 2.55. The smallest absolute Gasteiger partial charge is 0.291 e. The molecular formula is C20H15N5O3. The maximum absolute atomic E-state index is 12.4. The lowest BCUT2D eigenvalue weighted by Crippen LogP contribution is -2.14. The molecule has 4 rings (SSSR count). The summed E-state index contributed by atoms with van der Waals surface area (Å²) in [4.78, 5) is 24.5. The number of rotatable bonds is 5. The van der Waals surface area contributed by atoms with Gasteiger partial charge in [-0.2, -0.15) is 0 Å². The first kappa shape index (κ1) is 17.2. The SMILES string of the molecule is O=C(Nc1cccc(NC(=O)c2ccco2)c1)c1cn(-c2ccccc2)nn1. The summed E-state index contributed by atoms with van der Waals surface area (Å²) in [5.41, 5.74) is 2.01. The van der Waals surface area contributed by atoms with E-state index < -0.39 is 5.91 Å². The lowest BCUT2D eigenvalue weighted by Gasteiger charge is -2.07. The van der Waals surface area contributed by atoms with Gasteiger partial charge in [-0.1, -0.05) is 29.5 Å². The molecule has 28 heavy (non-hydrogen) atoms. The van der Waals surface area contributed by atoms with Crippen LogP contribution in [0.15, 0.2) is 83.6 Å². The maximum Gasteiger partial charge on any atom is 0.291 e. The summed E-state index contributed by atoms with van der Waals surface area (Å²) in [6.45, 7) is 0. The molecule has 0 unspecified atom stereocenters. The number of hydrogen-bond acceptors (Lipinski definition) is 5. The molecule has 2 N–H and O–H groups in total. The quantitative estimate of drug-likeness (QED) is 0.558. The van der Waals surface area contributed by atoms with Gasteiger partial charge >= 0.3 is 0 Å². The molecule has 0 atom stereocenters. The van der Waals surface area contributed by atoms with Gasteiger partial charge in [-0.15, -0.1) is 5.10 Å². The van der Waals surface area contributed by atoms with Crippen molar-refractivity contribution in [2.24, 2.45) is 0 Å². The number of nitrogens with zero attached hydrogens (tertiary/aromatic N) is 3. The Balaban J connectivity index is 1.45. The van der Waals surface area contributed by atoms with Crippen molar-refractivity contribution in [1.29, 1.82) is 0 Å². The summed E-state index contributed by atoms with van der Waals surface area (Å²) in [5.74, 6) is -0.581. The molecule has 8 heteroatoms. The summed E-state index contributed by atoms with van der Waals surface area (Å²) in [7, 11) is 0. The highest BCUT2D eigenvalue weighted by Crippen LogP contribution is 2.17. The normalized spacial score (nSPS) is 10.4. The van der Waals surface area contributed by atoms with Gasteiger partial charge < -0.3 is 15.1 Å². The van der Waals surface area contributed by atoms with Gasteiger partial charge in [0.15, 0.2) is 11.5 Å². The van der Waals surface area contributed by atoms with Gasteiger partial charge in [0.05, 0.1) is 18.1 Å². The zero-order valence-corrected chi connectivity index (χ0v) is 14.6. The third-order valence-corrected chi connectivity index (χ3v) is 3.87. The molecule has 2 heterocycles. The topological polar surface area (TPSA) is 102 Å². The monoisotopic (exact) mass is 373 g/mol. The molecule has 4 aromatic rings. The minimum absolute atomic E-state index is 0.175. The number of nitrogens with one attached hydrogen (secondary N) is 2. The molecule has 138 valence electrons. The van der Waals surface area contributed by atoms with Crippen molar-refractivity contribution in [3.63, 3.8) is 0 Å². The van der Waals surface area contributed by atoms with E-state index in [1.807, 2.05) is 30.3 Å². The summed E-state index contributed by atoms with van der Waals surface area (Å²) in [5, 5.41) is 13.3. The first-order valence-electron chi connectivity index (χ1n) is 8.43. The fourth-order valence-electron chi connectivity index (χ4n) is 2.55. The zero-order chi connectivity index (χ0) is 19.3. The third kappa shape index (κ3) is 3.80. The second kappa shape index (κ2) is 7.58. The third-order valence-electron chi connectivity index (χ3n) is 3.87. The van der Waals surface area contributed by atoms with Crippen molar-refractivity contribution < 1.29 is 14.0 Å². The van der Waals surface area contributed by atoms with Gasteiger partial charge in [0, 0.05) is 11.4 Å². The average molecular weight is 373 g/mol. The zero-order valence-electron chi connectivity index (χ0n) is 14.6. The molecule has 2 amide bonds. The summed E-state index contributed by atoms with van der Waals surface area (Å²) < 4.78 is 6.58. The van der Waals surface area contributed by atoms with Gasteiger partial charge in [-0.25, -0.2) is 4.68 Å². The first-order chi connectivity index (χ1) is 13.7. The van der Waals surface area contributed by atoms with Gasteiger partial charge in [-0.05, 0) is 42.5 Å². The van der Waals surface area contributed by atoms with Crippen LogP contribution >= 0.6 is 0 Å². The van der Waals surface area contributed by atoms with Crippen molar-refractivity contribution in [2.45, 2.75) is 0 Å². The van der Waals surface area contributed by atoms with Crippen molar-refractivity contribution >= 4 is 23.2 Å². The van der Waals surface area contributed by atoms with Gasteiger partial charge in [-0.3, -0.25) is 9.59 Å². The fraction of sp³-hybridized carbons (Fsp3) is 0. The largest absolute Gasteiger partial charge is 0.459 e. The number of benzene rings is 2. The van der Waals surface area contributed by atoms with Gasteiger partial charge in [0.2, 0.25) is 0 Å². The number of amides is 2. The predicted octanol–water partition coefficient (Wildman–Crippen LogP) is 3.36. The van der Waals surface area contributed by atoms with Crippen LogP contribution in [0, 0.1) is 0 Å². The Bertz CT molecular complexity index is 1100. The number of hydrogen-bond donors (Lipinski definition) is 2. The molecule has 0 saturated heterocycles.